The molecular weight excluding hydrogens is 192 g/mol. The van der Waals surface area contributed by atoms with E-state index in [1.807, 2.05) is 0 Å². The van der Waals surface area contributed by atoms with Crippen molar-refractivity contribution in [2.24, 2.45) is 0 Å². The van der Waals surface area contributed by atoms with Gasteiger partial charge in [0.25, 0.3) is 10.1 Å². The Kier molecular flexibility index (Phi) is 4.06. The lowest BCUT2D eigenvalue weighted by Gasteiger charge is -2.06. The third-order valence-corrected chi connectivity index (χ3v) is 2.88. The van der Waals surface area contributed by atoms with Gasteiger partial charge in [-0.1, -0.05) is 30.3 Å². The predicted octanol–water partition coefficient (Wildman–Crippen LogP) is 0.811. The van der Waals surface area contributed by atoms with Crippen LogP contribution in [0.5, 0.6) is 0 Å². The maximum Gasteiger partial charge on any atom is 0.271 e. The minimum atomic E-state index is -3.96. The molecule has 0 saturated heterocycles. The lowest BCUT2D eigenvalue weighted by atomic mass is 10.2. The highest BCUT2D eigenvalue weighted by molar-refractivity contribution is 7.86. The Balaban J connectivity index is 0.00000144. The molecule has 0 heterocycles. The molecule has 0 fully saturated rings. The first-order valence-electron chi connectivity index (χ1n) is 3.53. The van der Waals surface area contributed by atoms with Gasteiger partial charge in [-0.25, -0.2) is 0 Å². The SMILES string of the molecule is CC(c1ccccc1)S(=O)(=O)O.O. The van der Waals surface area contributed by atoms with Gasteiger partial charge in [0, 0.05) is 0 Å². The molecule has 1 unspecified atom stereocenters. The third kappa shape index (κ3) is 3.14. The van der Waals surface area contributed by atoms with E-state index < -0.39 is 15.4 Å². The van der Waals surface area contributed by atoms with E-state index in [9.17, 15) is 8.42 Å². The molecule has 1 aromatic rings. The molecule has 13 heavy (non-hydrogen) atoms. The highest BCUT2D eigenvalue weighted by Crippen LogP contribution is 2.19. The predicted molar refractivity (Wildman–Crippen MR) is 50.0 cm³/mol. The average Bonchev–Trinajstić information content (AvgIpc) is 2.03. The molecule has 74 valence electrons. The van der Waals surface area contributed by atoms with Crippen molar-refractivity contribution in [3.63, 3.8) is 0 Å². The van der Waals surface area contributed by atoms with Gasteiger partial charge in [0.1, 0.15) is 5.25 Å². The molecule has 0 aliphatic heterocycles. The molecule has 1 aromatic carbocycles. The van der Waals surface area contributed by atoms with E-state index in [4.69, 9.17) is 4.55 Å². The molecule has 1 rings (SSSR count). The van der Waals surface area contributed by atoms with E-state index in [2.05, 4.69) is 0 Å². The molecule has 0 aliphatic rings. The summed E-state index contributed by atoms with van der Waals surface area (Å²) in [6.45, 7) is 1.45. The molecule has 0 radical (unpaired) electrons. The molecule has 1 atom stereocenters. The van der Waals surface area contributed by atoms with Crippen molar-refractivity contribution in [1.82, 2.24) is 0 Å². The lowest BCUT2D eigenvalue weighted by molar-refractivity contribution is 0.472. The maximum absolute atomic E-state index is 10.7. The molecule has 0 aliphatic carbocycles. The van der Waals surface area contributed by atoms with Crippen molar-refractivity contribution in [3.05, 3.63) is 35.9 Å². The second kappa shape index (κ2) is 4.36. The number of rotatable bonds is 2. The van der Waals surface area contributed by atoms with E-state index >= 15 is 0 Å². The smallest absolute Gasteiger partial charge is 0.271 e. The van der Waals surface area contributed by atoms with E-state index in [1.165, 1.54) is 6.92 Å². The summed E-state index contributed by atoms with van der Waals surface area (Å²) in [6.07, 6.45) is 0. The van der Waals surface area contributed by atoms with Crippen LogP contribution in [0.2, 0.25) is 0 Å². The van der Waals surface area contributed by atoms with E-state index in [0.29, 0.717) is 5.56 Å². The summed E-state index contributed by atoms with van der Waals surface area (Å²) in [5.41, 5.74) is 0.597. The molecule has 0 saturated carbocycles. The maximum atomic E-state index is 10.7. The van der Waals surface area contributed by atoms with Crippen LogP contribution in [0.4, 0.5) is 0 Å². The van der Waals surface area contributed by atoms with Crippen LogP contribution in [-0.2, 0) is 10.1 Å². The Morgan fingerprint density at radius 3 is 2.08 bits per heavy atom. The fraction of sp³-hybridized carbons (Fsp3) is 0.250. The summed E-state index contributed by atoms with van der Waals surface area (Å²) in [5.74, 6) is 0. The van der Waals surface area contributed by atoms with Gasteiger partial charge in [-0.2, -0.15) is 8.42 Å². The van der Waals surface area contributed by atoms with Gasteiger partial charge in [-0.15, -0.1) is 0 Å². The lowest BCUT2D eigenvalue weighted by Crippen LogP contribution is -2.07. The fourth-order valence-corrected chi connectivity index (χ4v) is 1.40. The molecule has 0 spiro atoms. The zero-order valence-electron chi connectivity index (χ0n) is 7.14. The number of benzene rings is 1. The van der Waals surface area contributed by atoms with E-state index in [1.54, 1.807) is 30.3 Å². The van der Waals surface area contributed by atoms with E-state index in [-0.39, 0.29) is 5.48 Å². The van der Waals surface area contributed by atoms with Crippen molar-refractivity contribution >= 4 is 10.1 Å². The Labute approximate surface area is 77.3 Å². The minimum Gasteiger partial charge on any atom is -0.412 e. The van der Waals surface area contributed by atoms with Crippen LogP contribution in [0.1, 0.15) is 17.7 Å². The van der Waals surface area contributed by atoms with Crippen molar-refractivity contribution < 1.29 is 18.4 Å². The Hall–Kier alpha value is -0.910. The average molecular weight is 204 g/mol. The first-order chi connectivity index (χ1) is 5.52. The van der Waals surface area contributed by atoms with Gasteiger partial charge in [0.2, 0.25) is 0 Å². The van der Waals surface area contributed by atoms with Gasteiger partial charge in [-0.05, 0) is 12.5 Å². The summed E-state index contributed by atoms with van der Waals surface area (Å²) in [6, 6.07) is 8.59. The van der Waals surface area contributed by atoms with Crippen LogP contribution in [0.3, 0.4) is 0 Å². The second-order valence-corrected chi connectivity index (χ2v) is 4.30. The number of hydrogen-bond acceptors (Lipinski definition) is 2. The Morgan fingerprint density at radius 1 is 1.23 bits per heavy atom. The summed E-state index contributed by atoms with van der Waals surface area (Å²) in [7, 11) is -3.96. The summed E-state index contributed by atoms with van der Waals surface area (Å²) in [4.78, 5) is 0. The van der Waals surface area contributed by atoms with Crippen LogP contribution in [-0.4, -0.2) is 18.4 Å². The monoisotopic (exact) mass is 204 g/mol. The van der Waals surface area contributed by atoms with Crippen LogP contribution < -0.4 is 0 Å². The largest absolute Gasteiger partial charge is 0.412 e. The van der Waals surface area contributed by atoms with Gasteiger partial charge in [-0.3, -0.25) is 4.55 Å². The molecule has 5 heteroatoms. The minimum absolute atomic E-state index is 0. The summed E-state index contributed by atoms with van der Waals surface area (Å²) >= 11 is 0. The Bertz CT molecular complexity index is 344. The van der Waals surface area contributed by atoms with Crippen molar-refractivity contribution in [1.29, 1.82) is 0 Å². The molecule has 3 N–H and O–H groups in total. The molecule has 0 aromatic heterocycles. The van der Waals surface area contributed by atoms with Crippen molar-refractivity contribution in [3.8, 4) is 0 Å². The van der Waals surface area contributed by atoms with E-state index in [0.717, 1.165) is 0 Å². The molecule has 0 bridgehead atoms. The Morgan fingerprint density at radius 2 is 1.69 bits per heavy atom. The molecule has 4 nitrogen and oxygen atoms in total. The zero-order valence-corrected chi connectivity index (χ0v) is 7.95. The number of hydrogen-bond donors (Lipinski definition) is 1. The standard InChI is InChI=1S/C8H10O3S.H2O/c1-7(12(9,10)11)8-5-3-2-4-6-8;/h2-7H,1H3,(H,9,10,11);1H2. The summed E-state index contributed by atoms with van der Waals surface area (Å²) < 4.78 is 30.1. The normalized spacial score (nSPS) is 13.1. The topological polar surface area (TPSA) is 85.9 Å². The van der Waals surface area contributed by atoms with Gasteiger partial charge in [0.05, 0.1) is 0 Å². The van der Waals surface area contributed by atoms with Crippen LogP contribution in [0.15, 0.2) is 30.3 Å². The van der Waals surface area contributed by atoms with Gasteiger partial charge < -0.3 is 5.48 Å². The van der Waals surface area contributed by atoms with Crippen LogP contribution in [0.25, 0.3) is 0 Å². The van der Waals surface area contributed by atoms with Crippen molar-refractivity contribution in [2.75, 3.05) is 0 Å². The molecular formula is C8H12O4S. The quantitative estimate of drug-likeness (QED) is 0.723. The van der Waals surface area contributed by atoms with Gasteiger partial charge in [0.15, 0.2) is 0 Å². The first-order valence-corrected chi connectivity index (χ1v) is 5.03. The molecule has 0 amide bonds. The first kappa shape index (κ1) is 12.1. The van der Waals surface area contributed by atoms with Gasteiger partial charge >= 0.3 is 0 Å². The van der Waals surface area contributed by atoms with Crippen LogP contribution >= 0.6 is 0 Å². The third-order valence-electron chi connectivity index (χ3n) is 1.72. The fourth-order valence-electron chi connectivity index (χ4n) is 0.896. The second-order valence-electron chi connectivity index (χ2n) is 2.57. The van der Waals surface area contributed by atoms with Crippen molar-refractivity contribution in [2.45, 2.75) is 12.2 Å². The summed E-state index contributed by atoms with van der Waals surface area (Å²) in [5, 5.41) is -0.848. The van der Waals surface area contributed by atoms with Crippen LogP contribution in [0, 0.1) is 0 Å². The highest BCUT2D eigenvalue weighted by Gasteiger charge is 2.18. The zero-order chi connectivity index (χ0) is 9.19. The highest BCUT2D eigenvalue weighted by atomic mass is 32.2.